The molecule has 2 aromatic heterocycles. The van der Waals surface area contributed by atoms with E-state index in [1.165, 1.54) is 0 Å². The Morgan fingerprint density at radius 2 is 2.06 bits per heavy atom. The number of imidazole rings is 1. The van der Waals surface area contributed by atoms with Crippen molar-refractivity contribution in [3.63, 3.8) is 0 Å². The molecule has 0 bridgehead atoms. The average Bonchev–Trinajstić information content (AvgIpc) is 2.86. The molecule has 0 saturated heterocycles. The van der Waals surface area contributed by atoms with E-state index in [-0.39, 0.29) is 0 Å². The monoisotopic (exact) mass is 219 g/mol. The maximum absolute atomic E-state index is 8.88. The minimum Gasteiger partial charge on any atom is -0.306 e. The summed E-state index contributed by atoms with van der Waals surface area (Å²) in [6.45, 7) is 0. The van der Waals surface area contributed by atoms with E-state index in [1.807, 2.05) is 47.1 Å². The molecule has 0 fully saturated rings. The van der Waals surface area contributed by atoms with E-state index in [1.54, 1.807) is 12.3 Å². The fraction of sp³-hybridized carbons (Fsp3) is 0. The summed E-state index contributed by atoms with van der Waals surface area (Å²) in [6, 6.07) is 13.7. The van der Waals surface area contributed by atoms with Crippen molar-refractivity contribution in [2.75, 3.05) is 0 Å². The molecule has 0 saturated carbocycles. The first kappa shape index (κ1) is 9.61. The van der Waals surface area contributed by atoms with Gasteiger partial charge in [0.15, 0.2) is 0 Å². The first-order valence-electron chi connectivity index (χ1n) is 5.30. The van der Waals surface area contributed by atoms with Crippen LogP contribution in [0.2, 0.25) is 0 Å². The predicted octanol–water partition coefficient (Wildman–Crippen LogP) is 2.87. The number of aromatic nitrogens is 2. The number of fused-ring (bicyclic) bond motifs is 1. The van der Waals surface area contributed by atoms with Crippen LogP contribution >= 0.6 is 0 Å². The second kappa shape index (κ2) is 3.76. The molecule has 3 rings (SSSR count). The molecule has 3 aromatic rings. The number of hydrogen-bond acceptors (Lipinski definition) is 2. The van der Waals surface area contributed by atoms with E-state index in [0.717, 1.165) is 16.8 Å². The Kier molecular flexibility index (Phi) is 2.13. The summed E-state index contributed by atoms with van der Waals surface area (Å²) in [6.07, 6.45) is 5.69. The van der Waals surface area contributed by atoms with Gasteiger partial charge in [0.2, 0.25) is 0 Å². The van der Waals surface area contributed by atoms with E-state index in [2.05, 4.69) is 11.1 Å². The fourth-order valence-electron chi connectivity index (χ4n) is 1.86. The van der Waals surface area contributed by atoms with Crippen molar-refractivity contribution >= 4 is 5.65 Å². The van der Waals surface area contributed by atoms with E-state index in [4.69, 9.17) is 5.26 Å². The summed E-state index contributed by atoms with van der Waals surface area (Å²) in [7, 11) is 0. The zero-order valence-electron chi connectivity index (χ0n) is 9.04. The topological polar surface area (TPSA) is 41.1 Å². The summed E-state index contributed by atoms with van der Waals surface area (Å²) in [5, 5.41) is 8.88. The average molecular weight is 219 g/mol. The molecular weight excluding hydrogens is 210 g/mol. The summed E-state index contributed by atoms with van der Waals surface area (Å²) in [4.78, 5) is 4.20. The Labute approximate surface area is 98.6 Å². The van der Waals surface area contributed by atoms with Crippen LogP contribution < -0.4 is 0 Å². The molecule has 0 aliphatic heterocycles. The zero-order chi connectivity index (χ0) is 11.7. The quantitative estimate of drug-likeness (QED) is 0.631. The maximum Gasteiger partial charge on any atom is 0.136 e. The molecule has 2 heterocycles. The molecule has 0 amide bonds. The van der Waals surface area contributed by atoms with Gasteiger partial charge in [0.1, 0.15) is 5.65 Å². The molecule has 0 unspecified atom stereocenters. The van der Waals surface area contributed by atoms with Crippen LogP contribution in [0, 0.1) is 11.3 Å². The van der Waals surface area contributed by atoms with Gasteiger partial charge in [0.25, 0.3) is 0 Å². The number of nitrogens with zero attached hydrogens (tertiary/aromatic N) is 3. The molecule has 3 nitrogen and oxygen atoms in total. The number of nitriles is 1. The van der Waals surface area contributed by atoms with Crippen LogP contribution in [0.5, 0.6) is 0 Å². The summed E-state index contributed by atoms with van der Waals surface area (Å²) in [5.41, 5.74) is 3.71. The van der Waals surface area contributed by atoms with Gasteiger partial charge in [-0.25, -0.2) is 4.98 Å². The lowest BCUT2D eigenvalue weighted by Gasteiger charge is -2.03. The van der Waals surface area contributed by atoms with E-state index >= 15 is 0 Å². The maximum atomic E-state index is 8.88. The normalized spacial score (nSPS) is 10.3. The summed E-state index contributed by atoms with van der Waals surface area (Å²) in [5.74, 6) is 0. The minimum absolute atomic E-state index is 0.674. The van der Waals surface area contributed by atoms with Gasteiger partial charge in [0.05, 0.1) is 11.6 Å². The number of hydrogen-bond donors (Lipinski definition) is 0. The van der Waals surface area contributed by atoms with Crippen molar-refractivity contribution in [1.82, 2.24) is 9.38 Å². The van der Waals surface area contributed by atoms with Gasteiger partial charge in [-0.05, 0) is 35.4 Å². The lowest BCUT2D eigenvalue weighted by molar-refractivity contribution is 1.19. The molecule has 0 aliphatic rings. The van der Waals surface area contributed by atoms with Crippen molar-refractivity contribution < 1.29 is 0 Å². The van der Waals surface area contributed by atoms with Crippen molar-refractivity contribution in [2.24, 2.45) is 0 Å². The number of benzene rings is 1. The zero-order valence-corrected chi connectivity index (χ0v) is 9.04. The molecule has 0 atom stereocenters. The van der Waals surface area contributed by atoms with Gasteiger partial charge < -0.3 is 4.40 Å². The van der Waals surface area contributed by atoms with Crippen LogP contribution in [0.4, 0.5) is 0 Å². The van der Waals surface area contributed by atoms with Gasteiger partial charge in [-0.1, -0.05) is 12.1 Å². The molecule has 0 spiro atoms. The molecule has 0 N–H and O–H groups in total. The van der Waals surface area contributed by atoms with Gasteiger partial charge in [-0.3, -0.25) is 0 Å². The lowest BCUT2D eigenvalue weighted by Crippen LogP contribution is -1.86. The van der Waals surface area contributed by atoms with E-state index < -0.39 is 0 Å². The van der Waals surface area contributed by atoms with Gasteiger partial charge >= 0.3 is 0 Å². The lowest BCUT2D eigenvalue weighted by atomic mass is 10.1. The predicted molar refractivity (Wildman–Crippen MR) is 65.3 cm³/mol. The molecule has 0 radical (unpaired) electrons. The SMILES string of the molecule is N#Cc1cccc(-c2ccc3nccn3c2)c1. The number of rotatable bonds is 1. The Hall–Kier alpha value is -2.60. The molecule has 80 valence electrons. The van der Waals surface area contributed by atoms with Crippen LogP contribution in [0.25, 0.3) is 16.8 Å². The largest absolute Gasteiger partial charge is 0.306 e. The molecule has 3 heteroatoms. The smallest absolute Gasteiger partial charge is 0.136 e. The number of pyridine rings is 1. The van der Waals surface area contributed by atoms with Gasteiger partial charge in [-0.15, -0.1) is 0 Å². The Morgan fingerprint density at radius 3 is 2.94 bits per heavy atom. The van der Waals surface area contributed by atoms with Crippen LogP contribution in [-0.2, 0) is 0 Å². The van der Waals surface area contributed by atoms with Crippen molar-refractivity contribution in [3.8, 4) is 17.2 Å². The Morgan fingerprint density at radius 1 is 1.12 bits per heavy atom. The summed E-state index contributed by atoms with van der Waals surface area (Å²) >= 11 is 0. The first-order valence-corrected chi connectivity index (χ1v) is 5.30. The standard InChI is InChI=1S/C14H9N3/c15-9-11-2-1-3-12(8-11)13-4-5-14-16-6-7-17(14)10-13/h1-8,10H. The molecule has 17 heavy (non-hydrogen) atoms. The Bertz CT molecular complexity index is 719. The highest BCUT2D eigenvalue weighted by molar-refractivity contribution is 5.66. The van der Waals surface area contributed by atoms with E-state index in [9.17, 15) is 0 Å². The second-order valence-electron chi connectivity index (χ2n) is 3.80. The third kappa shape index (κ3) is 1.66. The Balaban J connectivity index is 2.16. The third-order valence-corrected chi connectivity index (χ3v) is 2.71. The third-order valence-electron chi connectivity index (χ3n) is 2.71. The highest BCUT2D eigenvalue weighted by Gasteiger charge is 2.01. The van der Waals surface area contributed by atoms with Gasteiger partial charge in [0, 0.05) is 18.6 Å². The second-order valence-corrected chi connectivity index (χ2v) is 3.80. The minimum atomic E-state index is 0.674. The highest BCUT2D eigenvalue weighted by Crippen LogP contribution is 2.20. The summed E-state index contributed by atoms with van der Waals surface area (Å²) < 4.78 is 1.97. The molecule has 1 aromatic carbocycles. The van der Waals surface area contributed by atoms with E-state index in [0.29, 0.717) is 5.56 Å². The van der Waals surface area contributed by atoms with Crippen LogP contribution in [0.1, 0.15) is 5.56 Å². The van der Waals surface area contributed by atoms with Crippen LogP contribution in [0.3, 0.4) is 0 Å². The van der Waals surface area contributed by atoms with Crippen LogP contribution in [-0.4, -0.2) is 9.38 Å². The van der Waals surface area contributed by atoms with Crippen molar-refractivity contribution in [2.45, 2.75) is 0 Å². The molecule has 0 aliphatic carbocycles. The fourth-order valence-corrected chi connectivity index (χ4v) is 1.86. The highest BCUT2D eigenvalue weighted by atomic mass is 15.0. The van der Waals surface area contributed by atoms with Crippen LogP contribution in [0.15, 0.2) is 55.0 Å². The van der Waals surface area contributed by atoms with Gasteiger partial charge in [-0.2, -0.15) is 5.26 Å². The first-order chi connectivity index (χ1) is 8.36. The van der Waals surface area contributed by atoms with Crippen molar-refractivity contribution in [3.05, 3.63) is 60.6 Å². The molecular formula is C14H9N3. The van der Waals surface area contributed by atoms with Crippen molar-refractivity contribution in [1.29, 1.82) is 5.26 Å².